The topological polar surface area (TPSA) is 260 Å². The number of hydrogen-bond donors (Lipinski definition) is 10. The van der Waals surface area contributed by atoms with Gasteiger partial charge in [-0.15, -0.1) is 0 Å². The van der Waals surface area contributed by atoms with Crippen molar-refractivity contribution in [2.45, 2.75) is 55.1 Å². The molecule has 2 aromatic carbocycles. The first-order valence-corrected chi connectivity index (χ1v) is 12.4. The lowest BCUT2D eigenvalue weighted by Crippen LogP contribution is -2.57. The first-order chi connectivity index (χ1) is 19.5. The fraction of sp³-hybridized carbons (Fsp3) is 0.423. The fourth-order valence-electron chi connectivity index (χ4n) is 5.01. The molecule has 9 atom stereocenters. The molecule has 3 aromatic rings. The van der Waals surface area contributed by atoms with Crippen LogP contribution in [0.25, 0.3) is 22.3 Å². The lowest BCUT2D eigenvalue weighted by atomic mass is 9.89. The minimum Gasteiger partial charge on any atom is -0.507 e. The van der Waals surface area contributed by atoms with Gasteiger partial charge in [0.2, 0.25) is 0 Å². The Labute approximate surface area is 229 Å². The number of aromatic hydroxyl groups is 4. The molecule has 2 saturated heterocycles. The molecule has 0 unspecified atom stereocenters. The minimum absolute atomic E-state index is 0.0808. The van der Waals surface area contributed by atoms with E-state index < -0.39 is 108 Å². The quantitative estimate of drug-likeness (QED) is 0.145. The molecule has 0 saturated carbocycles. The lowest BCUT2D eigenvalue weighted by molar-refractivity contribution is -0.289. The molecular weight excluding hydrogens is 552 g/mol. The van der Waals surface area contributed by atoms with Gasteiger partial charge in [0.15, 0.2) is 23.2 Å². The van der Waals surface area contributed by atoms with Gasteiger partial charge in [-0.05, 0) is 18.2 Å². The Kier molecular flexibility index (Phi) is 7.82. The maximum Gasteiger partial charge on any atom is 0.197 e. The Hall–Kier alpha value is -3.51. The number of rotatable bonds is 6. The largest absolute Gasteiger partial charge is 0.507 e. The van der Waals surface area contributed by atoms with Crippen molar-refractivity contribution >= 4 is 11.0 Å². The molecule has 2 aliphatic rings. The number of fused-ring (bicyclic) bond motifs is 1. The Bertz CT molecular complexity index is 1490. The highest BCUT2D eigenvalue weighted by Gasteiger charge is 2.52. The second-order valence-corrected chi connectivity index (χ2v) is 9.78. The zero-order chi connectivity index (χ0) is 29.7. The first-order valence-electron chi connectivity index (χ1n) is 12.4. The molecule has 3 heterocycles. The van der Waals surface area contributed by atoms with E-state index in [2.05, 4.69) is 0 Å². The van der Waals surface area contributed by atoms with Crippen LogP contribution in [-0.2, 0) is 14.2 Å². The van der Waals surface area contributed by atoms with Crippen LogP contribution in [0.3, 0.4) is 0 Å². The van der Waals surface area contributed by atoms with Crippen LogP contribution in [0.1, 0.15) is 11.7 Å². The van der Waals surface area contributed by atoms with Crippen molar-refractivity contribution in [3.63, 3.8) is 0 Å². The van der Waals surface area contributed by atoms with E-state index in [1.165, 1.54) is 6.07 Å². The molecule has 41 heavy (non-hydrogen) atoms. The van der Waals surface area contributed by atoms with Crippen molar-refractivity contribution in [3.8, 4) is 34.3 Å². The van der Waals surface area contributed by atoms with Gasteiger partial charge in [0, 0.05) is 17.7 Å². The zero-order valence-electron chi connectivity index (χ0n) is 21.0. The van der Waals surface area contributed by atoms with Gasteiger partial charge in [-0.1, -0.05) is 0 Å². The highest BCUT2D eigenvalue weighted by molar-refractivity contribution is 5.88. The van der Waals surface area contributed by atoms with Gasteiger partial charge in [0.05, 0.1) is 18.8 Å². The van der Waals surface area contributed by atoms with Crippen molar-refractivity contribution in [1.82, 2.24) is 0 Å². The Morgan fingerprint density at radius 2 is 1.41 bits per heavy atom. The predicted octanol–water partition coefficient (Wildman–Crippen LogP) is -1.74. The van der Waals surface area contributed by atoms with Gasteiger partial charge in [0.1, 0.15) is 77.1 Å². The van der Waals surface area contributed by atoms with E-state index in [1.54, 1.807) is 0 Å². The molecule has 5 rings (SSSR count). The zero-order valence-corrected chi connectivity index (χ0v) is 21.0. The number of hydrogen-bond acceptors (Lipinski definition) is 15. The molecule has 15 heteroatoms. The molecule has 2 aliphatic heterocycles. The molecule has 15 nitrogen and oxygen atoms in total. The van der Waals surface area contributed by atoms with E-state index in [0.29, 0.717) is 0 Å². The average Bonchev–Trinajstić information content (AvgIpc) is 3.21. The highest BCUT2D eigenvalue weighted by atomic mass is 16.7. The summed E-state index contributed by atoms with van der Waals surface area (Å²) in [7, 11) is 0. The number of aliphatic hydroxyl groups excluding tert-OH is 6. The van der Waals surface area contributed by atoms with Crippen molar-refractivity contribution in [3.05, 3.63) is 46.1 Å². The van der Waals surface area contributed by atoms with Crippen LogP contribution >= 0.6 is 0 Å². The summed E-state index contributed by atoms with van der Waals surface area (Å²) in [6.07, 6.45) is -14.7. The van der Waals surface area contributed by atoms with Gasteiger partial charge in [-0.2, -0.15) is 0 Å². The van der Waals surface area contributed by atoms with Crippen molar-refractivity contribution in [2.75, 3.05) is 13.2 Å². The predicted molar refractivity (Wildman–Crippen MR) is 134 cm³/mol. The van der Waals surface area contributed by atoms with Crippen molar-refractivity contribution in [1.29, 1.82) is 0 Å². The summed E-state index contributed by atoms with van der Waals surface area (Å²) in [4.78, 5) is 13.1. The van der Waals surface area contributed by atoms with Crippen LogP contribution in [0.2, 0.25) is 0 Å². The maximum absolute atomic E-state index is 13.1. The molecule has 222 valence electrons. The van der Waals surface area contributed by atoms with Gasteiger partial charge < -0.3 is 69.7 Å². The second-order valence-electron chi connectivity index (χ2n) is 9.78. The lowest BCUT2D eigenvalue weighted by Gasteiger charge is -2.43. The molecule has 2 fully saturated rings. The Morgan fingerprint density at radius 1 is 0.756 bits per heavy atom. The van der Waals surface area contributed by atoms with Crippen LogP contribution in [0.4, 0.5) is 0 Å². The van der Waals surface area contributed by atoms with E-state index in [1.807, 2.05) is 0 Å². The molecule has 0 radical (unpaired) electrons. The third kappa shape index (κ3) is 4.97. The number of phenols is 4. The summed E-state index contributed by atoms with van der Waals surface area (Å²) in [5.41, 5.74) is -1.41. The van der Waals surface area contributed by atoms with E-state index in [4.69, 9.17) is 18.6 Å². The first kappa shape index (κ1) is 29.0. The summed E-state index contributed by atoms with van der Waals surface area (Å²) >= 11 is 0. The monoisotopic (exact) mass is 580 g/mol. The average molecular weight is 580 g/mol. The number of phenolic OH excluding ortho intramolecular Hbond substituents is 4. The third-order valence-electron chi connectivity index (χ3n) is 7.21. The van der Waals surface area contributed by atoms with Gasteiger partial charge in [-0.25, -0.2) is 0 Å². The highest BCUT2D eigenvalue weighted by Crippen LogP contribution is 2.46. The van der Waals surface area contributed by atoms with E-state index >= 15 is 0 Å². The third-order valence-corrected chi connectivity index (χ3v) is 7.21. The Balaban J connectivity index is 1.59. The van der Waals surface area contributed by atoms with Gasteiger partial charge >= 0.3 is 0 Å². The maximum atomic E-state index is 13.1. The van der Waals surface area contributed by atoms with E-state index in [0.717, 1.165) is 24.3 Å². The molecule has 0 aliphatic carbocycles. The van der Waals surface area contributed by atoms with Crippen LogP contribution in [0.15, 0.2) is 39.5 Å². The molecule has 0 spiro atoms. The normalized spacial score (nSPS) is 32.0. The smallest absolute Gasteiger partial charge is 0.197 e. The molecule has 10 N–H and O–H groups in total. The molecule has 0 amide bonds. The summed E-state index contributed by atoms with van der Waals surface area (Å²) in [5, 5.41) is 102. The van der Waals surface area contributed by atoms with Crippen molar-refractivity contribution in [2.24, 2.45) is 0 Å². The summed E-state index contributed by atoms with van der Waals surface area (Å²) in [5.74, 6) is -2.55. The van der Waals surface area contributed by atoms with Crippen LogP contribution < -0.4 is 5.43 Å². The standard InChI is InChI=1S/C26H28O15/c27-6-15-19(33)22(36)25(41-26-23(37)20(34)16(7-28)40-26)24(39-15)18-12(32)5-14-17(21(18)35)11(31)4-13(38-14)8-1-2-9(29)10(30)3-8/h1-5,15-16,19-20,22-30,32-37H,6-7H2/t15-,16-,19+,20-,22-,23+,24-,25+,26-/m0/s1. The van der Waals surface area contributed by atoms with Crippen LogP contribution in [-0.4, -0.2) is 113 Å². The van der Waals surface area contributed by atoms with Crippen molar-refractivity contribution < 1.29 is 69.7 Å². The number of aliphatic hydroxyl groups is 6. The fourth-order valence-corrected chi connectivity index (χ4v) is 5.01. The molecule has 0 bridgehead atoms. The summed E-state index contributed by atoms with van der Waals surface area (Å²) in [6.45, 7) is -1.50. The summed E-state index contributed by atoms with van der Waals surface area (Å²) in [6, 6.07) is 5.60. The number of benzene rings is 2. The van der Waals surface area contributed by atoms with Crippen LogP contribution in [0.5, 0.6) is 23.0 Å². The molecule has 1 aromatic heterocycles. The SMILES string of the molecule is O=c1cc(-c2ccc(O)c(O)c2)oc2cc(O)c([C@@H]3O[C@@H](CO)[C@@H](O)[C@H](O)[C@H]3O[C@@H]3O[C@@H](CO)[C@H](O)[C@H]3O)c(O)c12. The van der Waals surface area contributed by atoms with E-state index in [-0.39, 0.29) is 16.9 Å². The number of ether oxygens (including phenoxy) is 3. The van der Waals surface area contributed by atoms with E-state index in [9.17, 15) is 55.9 Å². The molecular formula is C26H28O15. The summed E-state index contributed by atoms with van der Waals surface area (Å²) < 4.78 is 22.3. The van der Waals surface area contributed by atoms with Gasteiger partial charge in [0.25, 0.3) is 0 Å². The second kappa shape index (κ2) is 11.1. The Morgan fingerprint density at radius 3 is 2.05 bits per heavy atom. The van der Waals surface area contributed by atoms with Crippen LogP contribution in [0, 0.1) is 0 Å². The minimum atomic E-state index is -1.87. The van der Waals surface area contributed by atoms with Gasteiger partial charge in [-0.3, -0.25) is 4.79 Å².